The Morgan fingerprint density at radius 2 is 2.36 bits per heavy atom. The summed E-state index contributed by atoms with van der Waals surface area (Å²) in [6, 6.07) is 0. The molecule has 2 rings (SSSR count). The molecule has 0 saturated heterocycles. The van der Waals surface area contributed by atoms with E-state index in [1.54, 1.807) is 0 Å². The molecule has 4 heteroatoms. The lowest BCUT2D eigenvalue weighted by Crippen LogP contribution is -2.21. The first kappa shape index (κ1) is 6.85. The Labute approximate surface area is 68.6 Å². The van der Waals surface area contributed by atoms with E-state index in [0.717, 1.165) is 35.1 Å². The zero-order valence-electron chi connectivity index (χ0n) is 5.93. The molecule has 0 bridgehead atoms. The van der Waals surface area contributed by atoms with E-state index in [0.29, 0.717) is 5.15 Å². The van der Waals surface area contributed by atoms with Crippen LogP contribution in [0, 0.1) is 4.91 Å². The van der Waals surface area contributed by atoms with E-state index < -0.39 is 0 Å². The van der Waals surface area contributed by atoms with Crippen LogP contribution in [-0.4, -0.2) is 4.98 Å². The average molecular weight is 172 g/mol. The number of hydrogen-bond acceptors (Lipinski definition) is 1. The lowest BCUT2D eigenvalue weighted by atomic mass is 10.4. The number of H-pyrrole nitrogens is 1. The molecule has 1 aromatic rings. The highest BCUT2D eigenvalue weighted by Crippen LogP contribution is 2.16. The van der Waals surface area contributed by atoms with Crippen molar-refractivity contribution in [2.45, 2.75) is 19.3 Å². The van der Waals surface area contributed by atoms with Crippen LogP contribution in [0.5, 0.6) is 0 Å². The zero-order chi connectivity index (χ0) is 7.84. The van der Waals surface area contributed by atoms with Gasteiger partial charge in [-0.1, -0.05) is 11.6 Å². The van der Waals surface area contributed by atoms with Gasteiger partial charge in [0, 0.05) is 11.3 Å². The van der Waals surface area contributed by atoms with E-state index in [9.17, 15) is 4.91 Å². The Morgan fingerprint density at radius 3 is 3.18 bits per heavy atom. The molecule has 0 unspecified atom stereocenters. The quantitative estimate of drug-likeness (QED) is 0.583. The maximum atomic E-state index is 11.1. The van der Waals surface area contributed by atoms with Gasteiger partial charge in [-0.3, -0.25) is 0 Å². The molecule has 11 heavy (non-hydrogen) atoms. The summed E-state index contributed by atoms with van der Waals surface area (Å²) in [4.78, 5) is 14.1. The highest BCUT2D eigenvalue weighted by atomic mass is 35.5. The van der Waals surface area contributed by atoms with Crippen molar-refractivity contribution >= 4 is 11.6 Å². The van der Waals surface area contributed by atoms with Gasteiger partial charge in [-0.15, -0.1) is 0 Å². The first-order valence-corrected chi connectivity index (χ1v) is 3.98. The number of aryl methyl sites for hydroxylation is 1. The van der Waals surface area contributed by atoms with Gasteiger partial charge < -0.3 is 4.98 Å². The van der Waals surface area contributed by atoms with Crippen molar-refractivity contribution in [2.75, 3.05) is 0 Å². The van der Waals surface area contributed by atoms with E-state index in [2.05, 4.69) is 4.98 Å². The second-order valence-corrected chi connectivity index (χ2v) is 3.11. The van der Waals surface area contributed by atoms with Gasteiger partial charge in [-0.25, -0.2) is 0 Å². The first-order chi connectivity index (χ1) is 5.27. The molecular weight excluding hydrogens is 164 g/mol. The summed E-state index contributed by atoms with van der Waals surface area (Å²) >= 11 is 5.65. The molecular formula is C7H8ClN2O+. The summed E-state index contributed by atoms with van der Waals surface area (Å²) in [5.74, 6) is 0. The lowest BCUT2D eigenvalue weighted by Gasteiger charge is -1.90. The van der Waals surface area contributed by atoms with Crippen LogP contribution in [0.2, 0.25) is 5.15 Å². The van der Waals surface area contributed by atoms with Gasteiger partial charge in [0.25, 0.3) is 11.9 Å². The minimum Gasteiger partial charge on any atom is -0.339 e. The third-order valence-electron chi connectivity index (χ3n) is 1.96. The monoisotopic (exact) mass is 171 g/mol. The molecule has 1 aromatic heterocycles. The molecule has 0 aliphatic heterocycles. The first-order valence-electron chi connectivity index (χ1n) is 3.60. The van der Waals surface area contributed by atoms with Gasteiger partial charge in [-0.05, 0) is 12.8 Å². The van der Waals surface area contributed by atoms with Crippen molar-refractivity contribution in [1.29, 1.82) is 0 Å². The Balaban J connectivity index is 2.70. The van der Waals surface area contributed by atoms with Crippen LogP contribution in [0.4, 0.5) is 0 Å². The van der Waals surface area contributed by atoms with Gasteiger partial charge in [0.2, 0.25) is 0 Å². The summed E-state index contributed by atoms with van der Waals surface area (Å²) < 4.78 is 0.862. The number of halogens is 1. The zero-order valence-corrected chi connectivity index (χ0v) is 6.69. The summed E-state index contributed by atoms with van der Waals surface area (Å²) in [6.07, 6.45) is 4.23. The number of nitrogens with zero attached hydrogens (tertiary/aromatic N) is 1. The Morgan fingerprint density at radius 1 is 1.55 bits per heavy atom. The fourth-order valence-corrected chi connectivity index (χ4v) is 1.67. The standard InChI is InChI=1S/C7H8ClN2O/c8-7-4-10(11)6-3-1-2-5(6)9-7/h4H,1-3H2,(H,9,11)/q+1. The fraction of sp³-hybridized carbons (Fsp3) is 0.429. The molecule has 1 heterocycles. The molecule has 1 aliphatic rings. The molecule has 0 amide bonds. The van der Waals surface area contributed by atoms with Crippen LogP contribution in [0.15, 0.2) is 6.20 Å². The van der Waals surface area contributed by atoms with Crippen LogP contribution in [0.3, 0.4) is 0 Å². The molecule has 3 nitrogen and oxygen atoms in total. The minimum absolute atomic E-state index is 0.417. The van der Waals surface area contributed by atoms with Gasteiger partial charge in [0.05, 0.1) is 10.1 Å². The number of rotatable bonds is 0. The molecule has 0 aromatic carbocycles. The van der Waals surface area contributed by atoms with Crippen molar-refractivity contribution in [1.82, 2.24) is 4.98 Å². The van der Waals surface area contributed by atoms with Gasteiger partial charge in [0.15, 0.2) is 5.15 Å². The van der Waals surface area contributed by atoms with E-state index in [-0.39, 0.29) is 0 Å². The largest absolute Gasteiger partial charge is 0.339 e. The van der Waals surface area contributed by atoms with E-state index >= 15 is 0 Å². The fourth-order valence-electron chi connectivity index (χ4n) is 1.46. The second kappa shape index (κ2) is 2.34. The Bertz CT molecular complexity index is 345. The van der Waals surface area contributed by atoms with Crippen molar-refractivity contribution < 1.29 is 4.43 Å². The maximum Gasteiger partial charge on any atom is 0.263 e. The average Bonchev–Trinajstić information content (AvgIpc) is 2.34. The van der Waals surface area contributed by atoms with Crippen molar-refractivity contribution in [3.63, 3.8) is 0 Å². The smallest absolute Gasteiger partial charge is 0.263 e. The minimum atomic E-state index is 0.417. The van der Waals surface area contributed by atoms with Crippen molar-refractivity contribution in [2.24, 2.45) is 0 Å². The Hall–Kier alpha value is -0.830. The number of nitrogens with one attached hydrogen (secondary N) is 1. The number of aromatic amines is 1. The van der Waals surface area contributed by atoms with Gasteiger partial charge in [-0.2, -0.15) is 0 Å². The molecule has 1 N–H and O–H groups in total. The highest BCUT2D eigenvalue weighted by molar-refractivity contribution is 6.29. The lowest BCUT2D eigenvalue weighted by molar-refractivity contribution is -0.504. The predicted molar refractivity (Wildman–Crippen MR) is 41.2 cm³/mol. The van der Waals surface area contributed by atoms with Gasteiger partial charge in [0.1, 0.15) is 0 Å². The highest BCUT2D eigenvalue weighted by Gasteiger charge is 2.22. The maximum absolute atomic E-state index is 11.1. The van der Waals surface area contributed by atoms with E-state index in [1.807, 2.05) is 0 Å². The molecule has 0 saturated carbocycles. The Kier molecular flexibility index (Phi) is 1.46. The molecule has 1 aliphatic carbocycles. The molecule has 0 atom stereocenters. The SMILES string of the molecule is O=[n+]1cc(Cl)[nH]c2c1CCC2. The second-order valence-electron chi connectivity index (χ2n) is 2.71. The van der Waals surface area contributed by atoms with Crippen molar-refractivity contribution in [3.05, 3.63) is 27.6 Å². The summed E-state index contributed by atoms with van der Waals surface area (Å²) in [5, 5.41) is 0.417. The van der Waals surface area contributed by atoms with E-state index in [1.165, 1.54) is 6.20 Å². The van der Waals surface area contributed by atoms with Crippen LogP contribution in [0.1, 0.15) is 17.8 Å². The van der Waals surface area contributed by atoms with E-state index in [4.69, 9.17) is 11.6 Å². The topological polar surface area (TPSA) is 38.8 Å². The van der Waals surface area contributed by atoms with Crippen molar-refractivity contribution in [3.8, 4) is 0 Å². The normalized spacial score (nSPS) is 15.0. The van der Waals surface area contributed by atoms with Crippen LogP contribution < -0.4 is 4.43 Å². The molecule has 58 valence electrons. The van der Waals surface area contributed by atoms with Crippen LogP contribution >= 0.6 is 11.6 Å². The predicted octanol–water partition coefficient (Wildman–Crippen LogP) is 1.07. The third kappa shape index (κ3) is 1.05. The molecule has 0 radical (unpaired) electrons. The molecule has 0 spiro atoms. The van der Waals surface area contributed by atoms with Gasteiger partial charge >= 0.3 is 0 Å². The summed E-state index contributed by atoms with van der Waals surface area (Å²) in [5.41, 5.74) is 1.84. The number of hydrogen-bond donors (Lipinski definition) is 1. The summed E-state index contributed by atoms with van der Waals surface area (Å²) in [7, 11) is 0. The van der Waals surface area contributed by atoms with Crippen LogP contribution in [-0.2, 0) is 12.8 Å². The van der Waals surface area contributed by atoms with Crippen LogP contribution in [0.25, 0.3) is 0 Å². The molecule has 0 fully saturated rings. The summed E-state index contributed by atoms with van der Waals surface area (Å²) in [6.45, 7) is 0. The number of aromatic nitrogens is 2. The number of fused-ring (bicyclic) bond motifs is 1. The third-order valence-corrected chi connectivity index (χ3v) is 2.15.